The van der Waals surface area contributed by atoms with Crippen LogP contribution >= 0.6 is 0 Å². The first-order valence-corrected chi connectivity index (χ1v) is 10.5. The highest BCUT2D eigenvalue weighted by atomic mass is 16.3. The van der Waals surface area contributed by atoms with Crippen LogP contribution in [0, 0.1) is 17.8 Å². The summed E-state index contributed by atoms with van der Waals surface area (Å²) in [4.78, 5) is 9.61. The Morgan fingerprint density at radius 3 is 2.46 bits per heavy atom. The standard InChI is InChI=1S/C24H27N3O/c28-24(18-26-15-10-21(24)11-16-26)12-9-20-7-8-23(27-13-4-14-27)25-22(20)17-19-5-2-1-3-6-19/h1-3,5-8,21,28H,4,10-11,13-18H2/t24-/m1/s1. The summed E-state index contributed by atoms with van der Waals surface area (Å²) in [5, 5.41) is 11.1. The molecule has 1 atom stereocenters. The minimum Gasteiger partial charge on any atom is -0.376 e. The summed E-state index contributed by atoms with van der Waals surface area (Å²) in [5.74, 6) is 7.93. The molecule has 4 aliphatic rings. The Morgan fingerprint density at radius 1 is 1.04 bits per heavy atom. The number of benzene rings is 1. The second-order valence-corrected chi connectivity index (χ2v) is 8.39. The largest absolute Gasteiger partial charge is 0.376 e. The Labute approximate surface area is 167 Å². The van der Waals surface area contributed by atoms with Crippen molar-refractivity contribution in [2.75, 3.05) is 37.6 Å². The van der Waals surface area contributed by atoms with Gasteiger partial charge in [0.05, 0.1) is 5.69 Å². The lowest BCUT2D eigenvalue weighted by Gasteiger charge is -2.47. The zero-order valence-corrected chi connectivity index (χ0v) is 16.3. The van der Waals surface area contributed by atoms with Crippen LogP contribution in [0.4, 0.5) is 5.82 Å². The van der Waals surface area contributed by atoms with Crippen LogP contribution in [0.1, 0.15) is 36.1 Å². The van der Waals surface area contributed by atoms with E-state index in [1.807, 2.05) is 6.07 Å². The fourth-order valence-electron chi connectivity index (χ4n) is 4.60. The maximum absolute atomic E-state index is 11.1. The molecule has 0 aliphatic carbocycles. The van der Waals surface area contributed by atoms with E-state index in [4.69, 9.17) is 4.98 Å². The smallest absolute Gasteiger partial charge is 0.141 e. The van der Waals surface area contributed by atoms with E-state index in [1.54, 1.807) is 0 Å². The molecule has 6 rings (SSSR count). The van der Waals surface area contributed by atoms with Crippen molar-refractivity contribution >= 4 is 5.82 Å². The van der Waals surface area contributed by atoms with Crippen molar-refractivity contribution in [2.45, 2.75) is 31.3 Å². The number of hydrogen-bond donors (Lipinski definition) is 1. The fourth-order valence-corrected chi connectivity index (χ4v) is 4.60. The zero-order valence-electron chi connectivity index (χ0n) is 16.3. The van der Waals surface area contributed by atoms with Crippen LogP contribution in [0.3, 0.4) is 0 Å². The Balaban J connectivity index is 1.46. The highest BCUT2D eigenvalue weighted by molar-refractivity contribution is 5.50. The molecular formula is C24H27N3O. The molecule has 5 heterocycles. The fraction of sp³-hybridized carbons (Fsp3) is 0.458. The summed E-state index contributed by atoms with van der Waals surface area (Å²) in [6.45, 7) is 5.04. The van der Waals surface area contributed by atoms with Crippen molar-refractivity contribution in [1.29, 1.82) is 0 Å². The highest BCUT2D eigenvalue weighted by Crippen LogP contribution is 2.35. The molecule has 28 heavy (non-hydrogen) atoms. The van der Waals surface area contributed by atoms with Crippen molar-refractivity contribution in [3.8, 4) is 11.8 Å². The van der Waals surface area contributed by atoms with E-state index in [0.717, 1.165) is 62.5 Å². The van der Waals surface area contributed by atoms with E-state index in [2.05, 4.69) is 58.0 Å². The monoisotopic (exact) mass is 373 g/mol. The summed E-state index contributed by atoms with van der Waals surface area (Å²) in [6.07, 6.45) is 4.10. The minimum atomic E-state index is -0.878. The molecule has 4 heteroatoms. The summed E-state index contributed by atoms with van der Waals surface area (Å²) in [6, 6.07) is 14.6. The number of aromatic nitrogens is 1. The van der Waals surface area contributed by atoms with Gasteiger partial charge < -0.3 is 10.0 Å². The van der Waals surface area contributed by atoms with Gasteiger partial charge in [0.1, 0.15) is 11.4 Å². The third kappa shape index (κ3) is 3.41. The first kappa shape index (κ1) is 17.7. The van der Waals surface area contributed by atoms with E-state index in [1.165, 1.54) is 12.0 Å². The van der Waals surface area contributed by atoms with Crippen LogP contribution in [0.2, 0.25) is 0 Å². The number of anilines is 1. The van der Waals surface area contributed by atoms with Gasteiger partial charge >= 0.3 is 0 Å². The van der Waals surface area contributed by atoms with Gasteiger partial charge in [0.15, 0.2) is 0 Å². The Hall–Kier alpha value is -2.35. The average Bonchev–Trinajstić information content (AvgIpc) is 2.68. The van der Waals surface area contributed by atoms with Crippen molar-refractivity contribution in [1.82, 2.24) is 9.88 Å². The van der Waals surface area contributed by atoms with Crippen molar-refractivity contribution < 1.29 is 5.11 Å². The molecule has 1 aromatic heterocycles. The molecule has 1 N–H and O–H groups in total. The molecule has 0 unspecified atom stereocenters. The number of piperidine rings is 3. The zero-order chi connectivity index (χ0) is 19.0. The lowest BCUT2D eigenvalue weighted by Crippen LogP contribution is -2.58. The summed E-state index contributed by atoms with van der Waals surface area (Å²) < 4.78 is 0. The summed E-state index contributed by atoms with van der Waals surface area (Å²) in [7, 11) is 0. The predicted octanol–water partition coefficient (Wildman–Crippen LogP) is 2.69. The maximum Gasteiger partial charge on any atom is 0.141 e. The number of rotatable bonds is 3. The SMILES string of the molecule is O[C@]1(C#Cc2ccc(N3CCC3)nc2Cc2ccccc2)CN2CCC1CC2. The molecule has 144 valence electrons. The summed E-state index contributed by atoms with van der Waals surface area (Å²) in [5.41, 5.74) is 2.31. The minimum absolute atomic E-state index is 0.302. The normalized spacial score (nSPS) is 28.4. The molecule has 2 bridgehead atoms. The van der Waals surface area contributed by atoms with Crippen molar-refractivity contribution in [3.63, 3.8) is 0 Å². The molecule has 0 radical (unpaired) electrons. The number of hydrogen-bond acceptors (Lipinski definition) is 4. The Bertz CT molecular complexity index is 904. The van der Waals surface area contributed by atoms with Gasteiger partial charge in [0, 0.05) is 37.5 Å². The van der Waals surface area contributed by atoms with Crippen molar-refractivity contribution in [3.05, 3.63) is 59.3 Å². The number of fused-ring (bicyclic) bond motifs is 3. The molecule has 0 saturated carbocycles. The molecular weight excluding hydrogens is 346 g/mol. The van der Waals surface area contributed by atoms with Gasteiger partial charge in [-0.15, -0.1) is 0 Å². The number of pyridine rings is 1. The van der Waals surface area contributed by atoms with E-state index in [-0.39, 0.29) is 0 Å². The quantitative estimate of drug-likeness (QED) is 0.840. The van der Waals surface area contributed by atoms with Gasteiger partial charge in [0.25, 0.3) is 0 Å². The second kappa shape index (κ2) is 7.24. The second-order valence-electron chi connectivity index (χ2n) is 8.39. The van der Waals surface area contributed by atoms with Crippen LogP contribution in [0.25, 0.3) is 0 Å². The maximum atomic E-state index is 11.1. The Morgan fingerprint density at radius 2 is 1.82 bits per heavy atom. The Kier molecular flexibility index (Phi) is 4.58. The van der Waals surface area contributed by atoms with E-state index in [0.29, 0.717) is 12.5 Å². The summed E-state index contributed by atoms with van der Waals surface area (Å²) >= 11 is 0. The third-order valence-electron chi connectivity index (χ3n) is 6.50. The molecule has 1 aromatic carbocycles. The van der Waals surface area contributed by atoms with Gasteiger partial charge in [-0.25, -0.2) is 4.98 Å². The third-order valence-corrected chi connectivity index (χ3v) is 6.50. The topological polar surface area (TPSA) is 39.6 Å². The van der Waals surface area contributed by atoms with E-state index in [9.17, 15) is 5.11 Å². The highest BCUT2D eigenvalue weighted by Gasteiger charge is 2.44. The number of aliphatic hydroxyl groups is 1. The first-order chi connectivity index (χ1) is 13.7. The predicted molar refractivity (Wildman–Crippen MR) is 111 cm³/mol. The lowest BCUT2D eigenvalue weighted by molar-refractivity contribution is -0.0713. The van der Waals surface area contributed by atoms with E-state index < -0.39 is 5.60 Å². The van der Waals surface area contributed by atoms with Crippen molar-refractivity contribution in [2.24, 2.45) is 5.92 Å². The van der Waals surface area contributed by atoms with Gasteiger partial charge in [-0.3, -0.25) is 4.90 Å². The lowest BCUT2D eigenvalue weighted by atomic mass is 9.75. The molecule has 4 nitrogen and oxygen atoms in total. The molecule has 0 amide bonds. The molecule has 4 saturated heterocycles. The molecule has 2 aromatic rings. The molecule has 4 fully saturated rings. The van der Waals surface area contributed by atoms with Crippen LogP contribution in [0.5, 0.6) is 0 Å². The molecule has 4 aliphatic heterocycles. The average molecular weight is 374 g/mol. The van der Waals surface area contributed by atoms with Gasteiger partial charge in [-0.05, 0) is 50.0 Å². The first-order valence-electron chi connectivity index (χ1n) is 10.5. The van der Waals surface area contributed by atoms with Crippen LogP contribution in [0.15, 0.2) is 42.5 Å². The van der Waals surface area contributed by atoms with Gasteiger partial charge in [0.2, 0.25) is 0 Å². The van der Waals surface area contributed by atoms with E-state index >= 15 is 0 Å². The van der Waals surface area contributed by atoms with Crippen LogP contribution in [-0.2, 0) is 6.42 Å². The van der Waals surface area contributed by atoms with Gasteiger partial charge in [-0.2, -0.15) is 0 Å². The van der Waals surface area contributed by atoms with Gasteiger partial charge in [-0.1, -0.05) is 42.2 Å². The number of nitrogens with zero attached hydrogens (tertiary/aromatic N) is 3. The molecule has 0 spiro atoms. The van der Waals surface area contributed by atoms with Crippen LogP contribution in [-0.4, -0.2) is 53.3 Å². The van der Waals surface area contributed by atoms with Crippen LogP contribution < -0.4 is 4.90 Å².